The minimum absolute atomic E-state index is 0.250. The average molecular weight is 287 g/mol. The van der Waals surface area contributed by atoms with E-state index in [9.17, 15) is 4.79 Å². The molecule has 5 heteroatoms. The van der Waals surface area contributed by atoms with Gasteiger partial charge in [0.25, 0.3) is 0 Å². The second-order valence-corrected chi connectivity index (χ2v) is 6.58. The van der Waals surface area contributed by atoms with Crippen LogP contribution in [0.5, 0.6) is 0 Å². The lowest BCUT2D eigenvalue weighted by Gasteiger charge is -2.38. The van der Waals surface area contributed by atoms with Crippen LogP contribution in [0, 0.1) is 0 Å². The Kier molecular flexibility index (Phi) is 4.65. The summed E-state index contributed by atoms with van der Waals surface area (Å²) in [6.45, 7) is 5.94. The zero-order chi connectivity index (χ0) is 13.1. The molecule has 2 heterocycles. The number of nitrogens with zero attached hydrogens (tertiary/aromatic N) is 1. The van der Waals surface area contributed by atoms with Gasteiger partial charge in [0.2, 0.25) is 5.91 Å². The Bertz CT molecular complexity index is 421. The number of piperazine rings is 1. The van der Waals surface area contributed by atoms with Crippen LogP contribution in [0.25, 0.3) is 0 Å². The molecule has 0 saturated carbocycles. The summed E-state index contributed by atoms with van der Waals surface area (Å²) in [4.78, 5) is 15.4. The van der Waals surface area contributed by atoms with Crippen LogP contribution in [-0.4, -0.2) is 36.0 Å². The van der Waals surface area contributed by atoms with Crippen LogP contribution >= 0.6 is 22.9 Å². The Labute approximate surface area is 117 Å². The van der Waals surface area contributed by atoms with E-state index in [2.05, 4.69) is 19.2 Å². The van der Waals surface area contributed by atoms with Crippen LogP contribution in [0.1, 0.15) is 25.1 Å². The molecule has 1 aromatic rings. The SMILES string of the molecule is CC1NCCN(C(=O)CCc2ccc(Cl)s2)C1C. The second-order valence-electron chi connectivity index (χ2n) is 4.78. The number of thiophene rings is 1. The van der Waals surface area contributed by atoms with E-state index < -0.39 is 0 Å². The number of halogens is 1. The summed E-state index contributed by atoms with van der Waals surface area (Å²) < 4.78 is 0.793. The lowest BCUT2D eigenvalue weighted by atomic mass is 10.1. The van der Waals surface area contributed by atoms with Crippen LogP contribution in [0.3, 0.4) is 0 Å². The first-order chi connectivity index (χ1) is 8.58. The molecule has 3 nitrogen and oxygen atoms in total. The fourth-order valence-electron chi connectivity index (χ4n) is 2.27. The second kappa shape index (κ2) is 6.04. The summed E-state index contributed by atoms with van der Waals surface area (Å²) in [6.07, 6.45) is 1.37. The minimum atomic E-state index is 0.250. The van der Waals surface area contributed by atoms with Gasteiger partial charge in [-0.2, -0.15) is 0 Å². The first-order valence-corrected chi connectivity index (χ1v) is 7.54. The number of hydrogen-bond donors (Lipinski definition) is 1. The number of amides is 1. The molecule has 1 saturated heterocycles. The third-order valence-electron chi connectivity index (χ3n) is 3.57. The quantitative estimate of drug-likeness (QED) is 0.926. The molecular weight excluding hydrogens is 268 g/mol. The van der Waals surface area contributed by atoms with Crippen molar-refractivity contribution in [3.05, 3.63) is 21.3 Å². The molecule has 0 aliphatic carbocycles. The van der Waals surface area contributed by atoms with Gasteiger partial charge in [-0.05, 0) is 32.4 Å². The van der Waals surface area contributed by atoms with Gasteiger partial charge in [-0.25, -0.2) is 0 Å². The Morgan fingerprint density at radius 2 is 2.33 bits per heavy atom. The molecule has 2 rings (SSSR count). The summed E-state index contributed by atoms with van der Waals surface area (Å²) in [5, 5.41) is 3.38. The van der Waals surface area contributed by atoms with Crippen LogP contribution in [0.15, 0.2) is 12.1 Å². The Morgan fingerprint density at radius 3 is 3.00 bits per heavy atom. The number of carbonyl (C=O) groups excluding carboxylic acids is 1. The van der Waals surface area contributed by atoms with E-state index in [-0.39, 0.29) is 11.9 Å². The minimum Gasteiger partial charge on any atom is -0.337 e. The fraction of sp³-hybridized carbons (Fsp3) is 0.615. The number of hydrogen-bond acceptors (Lipinski definition) is 3. The Hall–Kier alpha value is -0.580. The van der Waals surface area contributed by atoms with Crippen molar-refractivity contribution >= 4 is 28.8 Å². The van der Waals surface area contributed by atoms with E-state index in [1.165, 1.54) is 4.88 Å². The van der Waals surface area contributed by atoms with Crippen molar-refractivity contribution in [3.8, 4) is 0 Å². The van der Waals surface area contributed by atoms with Crippen molar-refractivity contribution < 1.29 is 4.79 Å². The number of rotatable bonds is 3. The van der Waals surface area contributed by atoms with Crippen molar-refractivity contribution in [2.75, 3.05) is 13.1 Å². The largest absolute Gasteiger partial charge is 0.337 e. The molecule has 1 aliphatic rings. The molecule has 0 bridgehead atoms. The van der Waals surface area contributed by atoms with Crippen molar-refractivity contribution in [2.24, 2.45) is 0 Å². The molecule has 18 heavy (non-hydrogen) atoms. The highest BCUT2D eigenvalue weighted by Crippen LogP contribution is 2.23. The number of nitrogens with one attached hydrogen (secondary N) is 1. The zero-order valence-electron chi connectivity index (χ0n) is 10.8. The van der Waals surface area contributed by atoms with Crippen LogP contribution in [-0.2, 0) is 11.2 Å². The van der Waals surface area contributed by atoms with Gasteiger partial charge in [0.1, 0.15) is 0 Å². The van der Waals surface area contributed by atoms with Gasteiger partial charge in [0, 0.05) is 36.5 Å². The molecule has 1 amide bonds. The topological polar surface area (TPSA) is 32.3 Å². The summed E-state index contributed by atoms with van der Waals surface area (Å²) >= 11 is 7.44. The van der Waals surface area contributed by atoms with E-state index in [4.69, 9.17) is 11.6 Å². The van der Waals surface area contributed by atoms with E-state index in [0.29, 0.717) is 12.5 Å². The molecular formula is C13H19ClN2OS. The fourth-order valence-corrected chi connectivity index (χ4v) is 3.36. The van der Waals surface area contributed by atoms with Crippen LogP contribution < -0.4 is 5.32 Å². The van der Waals surface area contributed by atoms with E-state index in [1.54, 1.807) is 11.3 Å². The maximum atomic E-state index is 12.2. The molecule has 2 unspecified atom stereocenters. The summed E-state index contributed by atoms with van der Waals surface area (Å²) in [6, 6.07) is 4.54. The molecule has 0 spiro atoms. The molecule has 100 valence electrons. The molecule has 1 fully saturated rings. The van der Waals surface area contributed by atoms with Crippen molar-refractivity contribution in [3.63, 3.8) is 0 Å². The van der Waals surface area contributed by atoms with E-state index >= 15 is 0 Å². The lowest BCUT2D eigenvalue weighted by molar-refractivity contribution is -0.134. The molecule has 1 N–H and O–H groups in total. The van der Waals surface area contributed by atoms with Gasteiger partial charge in [-0.1, -0.05) is 11.6 Å². The average Bonchev–Trinajstić information content (AvgIpc) is 2.76. The highest BCUT2D eigenvalue weighted by molar-refractivity contribution is 7.16. The summed E-state index contributed by atoms with van der Waals surface area (Å²) in [5.41, 5.74) is 0. The van der Waals surface area contributed by atoms with Gasteiger partial charge in [-0.15, -0.1) is 11.3 Å². The summed E-state index contributed by atoms with van der Waals surface area (Å²) in [7, 11) is 0. The normalized spacial score (nSPS) is 24.3. The van der Waals surface area contributed by atoms with Gasteiger partial charge in [-0.3, -0.25) is 4.79 Å². The van der Waals surface area contributed by atoms with Crippen LogP contribution in [0.4, 0.5) is 0 Å². The third kappa shape index (κ3) is 3.25. The predicted molar refractivity (Wildman–Crippen MR) is 76.3 cm³/mol. The van der Waals surface area contributed by atoms with Gasteiger partial charge in [0.05, 0.1) is 4.34 Å². The van der Waals surface area contributed by atoms with Gasteiger partial charge >= 0.3 is 0 Å². The van der Waals surface area contributed by atoms with Crippen molar-refractivity contribution in [1.29, 1.82) is 0 Å². The van der Waals surface area contributed by atoms with Crippen molar-refractivity contribution in [2.45, 2.75) is 38.8 Å². The third-order valence-corrected chi connectivity index (χ3v) is 4.86. The highest BCUT2D eigenvalue weighted by atomic mass is 35.5. The number of aryl methyl sites for hydroxylation is 1. The molecule has 1 aliphatic heterocycles. The Morgan fingerprint density at radius 1 is 1.56 bits per heavy atom. The standard InChI is InChI=1S/C13H19ClN2OS/c1-9-10(2)16(8-7-15-9)13(17)6-4-11-3-5-12(14)18-11/h3,5,9-10,15H,4,6-8H2,1-2H3. The summed E-state index contributed by atoms with van der Waals surface area (Å²) in [5.74, 6) is 0.250. The van der Waals surface area contributed by atoms with Crippen molar-refractivity contribution in [1.82, 2.24) is 10.2 Å². The Balaban J connectivity index is 1.87. The molecule has 0 radical (unpaired) electrons. The van der Waals surface area contributed by atoms with Crippen LogP contribution in [0.2, 0.25) is 4.34 Å². The molecule has 2 atom stereocenters. The number of carbonyl (C=O) groups is 1. The predicted octanol–water partition coefficient (Wildman–Crippen LogP) is 2.54. The first-order valence-electron chi connectivity index (χ1n) is 6.35. The smallest absolute Gasteiger partial charge is 0.223 e. The van der Waals surface area contributed by atoms with E-state index in [0.717, 1.165) is 23.8 Å². The molecule has 0 aromatic carbocycles. The van der Waals surface area contributed by atoms with Gasteiger partial charge < -0.3 is 10.2 Å². The van der Waals surface area contributed by atoms with Gasteiger partial charge in [0.15, 0.2) is 0 Å². The zero-order valence-corrected chi connectivity index (χ0v) is 12.4. The highest BCUT2D eigenvalue weighted by Gasteiger charge is 2.27. The monoisotopic (exact) mass is 286 g/mol. The first kappa shape index (κ1) is 13.8. The maximum Gasteiger partial charge on any atom is 0.223 e. The molecule has 1 aromatic heterocycles. The lowest BCUT2D eigenvalue weighted by Crippen LogP contribution is -2.57. The van der Waals surface area contributed by atoms with E-state index in [1.807, 2.05) is 17.0 Å². The maximum absolute atomic E-state index is 12.2.